The highest BCUT2D eigenvalue weighted by atomic mass is 32.2. The van der Waals surface area contributed by atoms with Gasteiger partial charge in [-0.2, -0.15) is 0 Å². The molecule has 1 amide bonds. The molecule has 0 saturated carbocycles. The molecule has 0 aliphatic carbocycles. The summed E-state index contributed by atoms with van der Waals surface area (Å²) in [6, 6.07) is 11.1. The van der Waals surface area contributed by atoms with Gasteiger partial charge in [-0.05, 0) is 48.9 Å². The summed E-state index contributed by atoms with van der Waals surface area (Å²) in [5.41, 5.74) is 8.21. The number of nitrogen functional groups attached to an aromatic ring is 1. The van der Waals surface area contributed by atoms with Crippen molar-refractivity contribution in [1.82, 2.24) is 0 Å². The quantitative estimate of drug-likeness (QED) is 0.851. The maximum absolute atomic E-state index is 12.1. The number of nitrogens with one attached hydrogen (secondary N) is 1. The average Bonchev–Trinajstić information content (AvgIpc) is 2.41. The van der Waals surface area contributed by atoms with Crippen LogP contribution < -0.4 is 11.1 Å². The summed E-state index contributed by atoms with van der Waals surface area (Å²) in [6.45, 7) is 1.91. The Bertz CT molecular complexity index is 781. The molecular weight excluding hydrogens is 288 g/mol. The molecule has 6 heteroatoms. The van der Waals surface area contributed by atoms with Crippen molar-refractivity contribution in [2.45, 2.75) is 11.8 Å². The van der Waals surface area contributed by atoms with Crippen LogP contribution in [0.25, 0.3) is 0 Å². The number of rotatable bonds is 3. The maximum atomic E-state index is 12.1. The second-order valence-corrected chi connectivity index (χ2v) is 6.86. The van der Waals surface area contributed by atoms with Gasteiger partial charge in [0, 0.05) is 11.8 Å². The molecule has 2 aromatic carbocycles. The molecule has 110 valence electrons. The fraction of sp³-hybridized carbons (Fsp3) is 0.133. The first-order chi connectivity index (χ1) is 9.77. The molecule has 0 radical (unpaired) electrons. The first-order valence-corrected chi connectivity index (χ1v) is 8.14. The highest BCUT2D eigenvalue weighted by Gasteiger charge is 2.11. The van der Waals surface area contributed by atoms with Gasteiger partial charge in [-0.3, -0.25) is 4.79 Å². The van der Waals surface area contributed by atoms with Gasteiger partial charge in [0.25, 0.3) is 5.91 Å². The van der Waals surface area contributed by atoms with Crippen molar-refractivity contribution >= 4 is 27.1 Å². The Kier molecular flexibility index (Phi) is 3.99. The van der Waals surface area contributed by atoms with E-state index >= 15 is 0 Å². The lowest BCUT2D eigenvalue weighted by molar-refractivity contribution is 0.102. The Morgan fingerprint density at radius 1 is 1.10 bits per heavy atom. The Labute approximate surface area is 123 Å². The number of nitrogens with two attached hydrogens (primary N) is 1. The zero-order chi connectivity index (χ0) is 15.6. The summed E-state index contributed by atoms with van der Waals surface area (Å²) in [5.74, 6) is -0.342. The zero-order valence-electron chi connectivity index (χ0n) is 11.8. The number of sulfone groups is 1. The molecule has 0 saturated heterocycles. The van der Waals surface area contributed by atoms with Crippen LogP contribution in [0.5, 0.6) is 0 Å². The second-order valence-electron chi connectivity index (χ2n) is 4.84. The maximum Gasteiger partial charge on any atom is 0.255 e. The van der Waals surface area contributed by atoms with Gasteiger partial charge in [0.2, 0.25) is 0 Å². The molecule has 0 spiro atoms. The van der Waals surface area contributed by atoms with Gasteiger partial charge in [-0.25, -0.2) is 8.42 Å². The Hall–Kier alpha value is -2.34. The van der Waals surface area contributed by atoms with Crippen molar-refractivity contribution < 1.29 is 13.2 Å². The van der Waals surface area contributed by atoms with Crippen LogP contribution in [-0.4, -0.2) is 20.6 Å². The minimum atomic E-state index is -3.27. The zero-order valence-corrected chi connectivity index (χ0v) is 12.6. The number of anilines is 2. The molecule has 3 N–H and O–H groups in total. The predicted molar refractivity (Wildman–Crippen MR) is 83.1 cm³/mol. The minimum absolute atomic E-state index is 0.175. The van der Waals surface area contributed by atoms with E-state index in [4.69, 9.17) is 5.73 Å². The van der Waals surface area contributed by atoms with Crippen LogP contribution in [0.3, 0.4) is 0 Å². The molecule has 0 unspecified atom stereocenters. The molecule has 2 aromatic rings. The number of benzene rings is 2. The van der Waals surface area contributed by atoms with Gasteiger partial charge in [0.05, 0.1) is 16.3 Å². The van der Waals surface area contributed by atoms with E-state index in [1.54, 1.807) is 12.1 Å². The Morgan fingerprint density at radius 2 is 1.71 bits per heavy atom. The van der Waals surface area contributed by atoms with E-state index in [0.29, 0.717) is 16.9 Å². The number of hydrogen-bond acceptors (Lipinski definition) is 4. The third-order valence-corrected chi connectivity index (χ3v) is 4.13. The molecule has 5 nitrogen and oxygen atoms in total. The van der Waals surface area contributed by atoms with E-state index in [-0.39, 0.29) is 10.8 Å². The number of carbonyl (C=O) groups is 1. The lowest BCUT2D eigenvalue weighted by Crippen LogP contribution is -2.13. The van der Waals surface area contributed by atoms with Crippen LogP contribution in [0, 0.1) is 6.92 Å². The number of aryl methyl sites for hydroxylation is 1. The van der Waals surface area contributed by atoms with Gasteiger partial charge in [-0.1, -0.05) is 6.07 Å². The summed E-state index contributed by atoms with van der Waals surface area (Å²) in [4.78, 5) is 12.3. The minimum Gasteiger partial charge on any atom is -0.397 e. The van der Waals surface area contributed by atoms with Gasteiger partial charge in [0.15, 0.2) is 9.84 Å². The summed E-state index contributed by atoms with van der Waals surface area (Å²) < 4.78 is 22.7. The van der Waals surface area contributed by atoms with E-state index in [1.165, 1.54) is 24.3 Å². The molecule has 0 atom stereocenters. The van der Waals surface area contributed by atoms with Crippen molar-refractivity contribution in [1.29, 1.82) is 0 Å². The van der Waals surface area contributed by atoms with Crippen molar-refractivity contribution in [2.24, 2.45) is 0 Å². The normalized spacial score (nSPS) is 11.1. The second kappa shape index (κ2) is 5.57. The van der Waals surface area contributed by atoms with Gasteiger partial charge >= 0.3 is 0 Å². The molecule has 0 bridgehead atoms. The number of carbonyl (C=O) groups excluding carboxylic acids is 1. The molecule has 2 rings (SSSR count). The predicted octanol–water partition coefficient (Wildman–Crippen LogP) is 2.23. The standard InChI is InChI=1S/C15H16N2O3S/c1-10-3-8-14(13(16)9-10)17-15(18)11-4-6-12(7-5-11)21(2,19)20/h3-9H,16H2,1-2H3,(H,17,18). The summed E-state index contributed by atoms with van der Waals surface area (Å²) in [6.07, 6.45) is 1.12. The highest BCUT2D eigenvalue weighted by Crippen LogP contribution is 2.20. The largest absolute Gasteiger partial charge is 0.397 e. The first kappa shape index (κ1) is 15.1. The van der Waals surface area contributed by atoms with Crippen LogP contribution in [-0.2, 0) is 9.84 Å². The SMILES string of the molecule is Cc1ccc(NC(=O)c2ccc(S(C)(=O)=O)cc2)c(N)c1. The molecule has 0 aromatic heterocycles. The van der Waals surface area contributed by atoms with Crippen molar-refractivity contribution in [3.8, 4) is 0 Å². The van der Waals surface area contributed by atoms with Crippen LogP contribution in [0.1, 0.15) is 15.9 Å². The third kappa shape index (κ3) is 3.61. The van der Waals surface area contributed by atoms with E-state index in [2.05, 4.69) is 5.32 Å². The van der Waals surface area contributed by atoms with Crippen LogP contribution in [0.4, 0.5) is 11.4 Å². The van der Waals surface area contributed by atoms with Crippen LogP contribution >= 0.6 is 0 Å². The van der Waals surface area contributed by atoms with Gasteiger partial charge < -0.3 is 11.1 Å². The molecule has 0 heterocycles. The molecular formula is C15H16N2O3S. The van der Waals surface area contributed by atoms with E-state index in [9.17, 15) is 13.2 Å². The number of hydrogen-bond donors (Lipinski definition) is 2. The van der Waals surface area contributed by atoms with Crippen molar-refractivity contribution in [3.05, 3.63) is 53.6 Å². The van der Waals surface area contributed by atoms with Crippen LogP contribution in [0.2, 0.25) is 0 Å². The lowest BCUT2D eigenvalue weighted by atomic mass is 10.1. The summed E-state index contributed by atoms with van der Waals surface area (Å²) >= 11 is 0. The topological polar surface area (TPSA) is 89.3 Å². The molecule has 0 aliphatic heterocycles. The summed E-state index contributed by atoms with van der Waals surface area (Å²) in [5, 5.41) is 2.70. The Morgan fingerprint density at radius 3 is 2.24 bits per heavy atom. The highest BCUT2D eigenvalue weighted by molar-refractivity contribution is 7.90. The van der Waals surface area contributed by atoms with E-state index in [0.717, 1.165) is 11.8 Å². The molecule has 0 aliphatic rings. The fourth-order valence-corrected chi connectivity index (χ4v) is 2.47. The fourth-order valence-electron chi connectivity index (χ4n) is 1.84. The Balaban J connectivity index is 2.21. The van der Waals surface area contributed by atoms with Crippen molar-refractivity contribution in [2.75, 3.05) is 17.3 Å². The molecule has 0 fully saturated rings. The van der Waals surface area contributed by atoms with Gasteiger partial charge in [-0.15, -0.1) is 0 Å². The average molecular weight is 304 g/mol. The van der Waals surface area contributed by atoms with Crippen LogP contribution in [0.15, 0.2) is 47.4 Å². The smallest absolute Gasteiger partial charge is 0.255 e. The lowest BCUT2D eigenvalue weighted by Gasteiger charge is -2.09. The van der Waals surface area contributed by atoms with Crippen molar-refractivity contribution in [3.63, 3.8) is 0 Å². The first-order valence-electron chi connectivity index (χ1n) is 6.25. The van der Waals surface area contributed by atoms with E-state index in [1.807, 2.05) is 13.0 Å². The third-order valence-electron chi connectivity index (χ3n) is 3.00. The monoisotopic (exact) mass is 304 g/mol. The van der Waals surface area contributed by atoms with E-state index < -0.39 is 9.84 Å². The summed E-state index contributed by atoms with van der Waals surface area (Å²) in [7, 11) is -3.27. The molecule has 21 heavy (non-hydrogen) atoms. The number of amides is 1. The van der Waals surface area contributed by atoms with Gasteiger partial charge in [0.1, 0.15) is 0 Å².